The molecule has 0 radical (unpaired) electrons. The Labute approximate surface area is 170 Å². The second kappa shape index (κ2) is 8.44. The van der Waals surface area contributed by atoms with Gasteiger partial charge in [0, 0.05) is 36.8 Å². The Morgan fingerprint density at radius 2 is 1.90 bits per heavy atom. The summed E-state index contributed by atoms with van der Waals surface area (Å²) >= 11 is 5.73. The van der Waals surface area contributed by atoms with E-state index < -0.39 is 16.6 Å². The molecule has 2 amide bonds. The molecule has 0 unspecified atom stereocenters. The highest BCUT2D eigenvalue weighted by Gasteiger charge is 2.27. The van der Waals surface area contributed by atoms with Crippen LogP contribution in [0, 0.1) is 21.8 Å². The third kappa shape index (κ3) is 4.62. The van der Waals surface area contributed by atoms with Crippen LogP contribution in [0.3, 0.4) is 0 Å². The summed E-state index contributed by atoms with van der Waals surface area (Å²) < 4.78 is 13.2. The first-order chi connectivity index (χ1) is 13.8. The number of non-ortho nitro benzene ring substituents is 1. The zero-order valence-corrected chi connectivity index (χ0v) is 16.0. The van der Waals surface area contributed by atoms with Crippen LogP contribution in [0.15, 0.2) is 36.4 Å². The van der Waals surface area contributed by atoms with Crippen LogP contribution >= 0.6 is 11.6 Å². The normalized spacial score (nSPS) is 14.5. The average molecular weight is 421 g/mol. The first kappa shape index (κ1) is 20.5. The van der Waals surface area contributed by atoms with Crippen LogP contribution in [0.1, 0.15) is 23.2 Å². The Morgan fingerprint density at radius 1 is 1.21 bits per heavy atom. The zero-order chi connectivity index (χ0) is 21.1. The minimum Gasteiger partial charge on any atom is -0.371 e. The number of piperidine rings is 1. The zero-order valence-electron chi connectivity index (χ0n) is 15.2. The number of anilines is 2. The molecule has 3 N–H and O–H groups in total. The van der Waals surface area contributed by atoms with Gasteiger partial charge in [-0.1, -0.05) is 11.6 Å². The summed E-state index contributed by atoms with van der Waals surface area (Å²) in [7, 11) is 0. The molecule has 3 rings (SSSR count). The van der Waals surface area contributed by atoms with Crippen molar-refractivity contribution in [2.75, 3.05) is 23.3 Å². The van der Waals surface area contributed by atoms with Gasteiger partial charge in [0.05, 0.1) is 21.2 Å². The number of halogens is 2. The summed E-state index contributed by atoms with van der Waals surface area (Å²) in [6.45, 7) is 0.945. The number of carbonyl (C=O) groups excluding carboxylic acids is 2. The number of hydrogen-bond acceptors (Lipinski definition) is 5. The third-order valence-corrected chi connectivity index (χ3v) is 5.14. The van der Waals surface area contributed by atoms with Crippen molar-refractivity contribution in [1.29, 1.82) is 0 Å². The molecule has 0 saturated carbocycles. The van der Waals surface area contributed by atoms with Crippen molar-refractivity contribution in [1.82, 2.24) is 0 Å². The van der Waals surface area contributed by atoms with Crippen molar-refractivity contribution in [3.8, 4) is 0 Å². The number of nitro groups is 1. The molecular weight excluding hydrogens is 403 g/mol. The van der Waals surface area contributed by atoms with E-state index in [2.05, 4.69) is 5.32 Å². The van der Waals surface area contributed by atoms with Crippen molar-refractivity contribution < 1.29 is 18.9 Å². The fourth-order valence-electron chi connectivity index (χ4n) is 3.31. The highest BCUT2D eigenvalue weighted by molar-refractivity contribution is 6.31. The minimum atomic E-state index is -0.753. The number of nitrogens with one attached hydrogen (secondary N) is 1. The van der Waals surface area contributed by atoms with E-state index in [0.29, 0.717) is 37.3 Å². The van der Waals surface area contributed by atoms with Gasteiger partial charge in [-0.3, -0.25) is 19.7 Å². The molecule has 1 saturated heterocycles. The topological polar surface area (TPSA) is 119 Å². The van der Waals surface area contributed by atoms with Gasteiger partial charge in [-0.05, 0) is 37.1 Å². The molecule has 1 aliphatic heterocycles. The summed E-state index contributed by atoms with van der Waals surface area (Å²) in [6.07, 6.45) is 1.02. The van der Waals surface area contributed by atoms with Gasteiger partial charge in [-0.15, -0.1) is 0 Å². The van der Waals surface area contributed by atoms with E-state index in [1.165, 1.54) is 30.3 Å². The minimum absolute atomic E-state index is 0.0723. The Morgan fingerprint density at radius 3 is 2.48 bits per heavy atom. The van der Waals surface area contributed by atoms with E-state index >= 15 is 0 Å². The predicted octanol–water partition coefficient (Wildman–Crippen LogP) is 3.34. The highest BCUT2D eigenvalue weighted by atomic mass is 35.5. The van der Waals surface area contributed by atoms with Crippen molar-refractivity contribution in [3.63, 3.8) is 0 Å². The van der Waals surface area contributed by atoms with Crippen LogP contribution in [0.25, 0.3) is 0 Å². The maximum Gasteiger partial charge on any atom is 0.270 e. The van der Waals surface area contributed by atoms with Crippen LogP contribution in [-0.4, -0.2) is 29.8 Å². The van der Waals surface area contributed by atoms with Gasteiger partial charge in [0.25, 0.3) is 11.6 Å². The fourth-order valence-corrected chi connectivity index (χ4v) is 3.49. The largest absolute Gasteiger partial charge is 0.371 e. The summed E-state index contributed by atoms with van der Waals surface area (Å²) in [4.78, 5) is 36.4. The molecule has 0 spiro atoms. The molecule has 1 heterocycles. The van der Waals surface area contributed by atoms with Gasteiger partial charge in [-0.25, -0.2) is 4.39 Å². The van der Waals surface area contributed by atoms with Crippen LogP contribution in [0.4, 0.5) is 21.5 Å². The lowest BCUT2D eigenvalue weighted by molar-refractivity contribution is -0.384. The monoisotopic (exact) mass is 420 g/mol. The average Bonchev–Trinajstić information content (AvgIpc) is 2.70. The van der Waals surface area contributed by atoms with E-state index in [-0.39, 0.29) is 28.1 Å². The molecule has 0 atom stereocenters. The first-order valence-electron chi connectivity index (χ1n) is 8.85. The lowest BCUT2D eigenvalue weighted by atomic mass is 9.94. The van der Waals surface area contributed by atoms with Crippen molar-refractivity contribution in [3.05, 3.63) is 62.9 Å². The lowest BCUT2D eigenvalue weighted by Gasteiger charge is -2.33. The number of primary amides is 1. The number of nitrogens with two attached hydrogens (primary N) is 1. The van der Waals surface area contributed by atoms with Gasteiger partial charge in [0.15, 0.2) is 0 Å². The molecule has 29 heavy (non-hydrogen) atoms. The molecule has 8 nitrogen and oxygen atoms in total. The maximum absolute atomic E-state index is 13.2. The molecule has 0 aliphatic carbocycles. The quantitative estimate of drug-likeness (QED) is 0.568. The van der Waals surface area contributed by atoms with Crippen molar-refractivity contribution in [2.45, 2.75) is 12.8 Å². The van der Waals surface area contributed by atoms with Gasteiger partial charge < -0.3 is 16.0 Å². The Kier molecular flexibility index (Phi) is 5.97. The van der Waals surface area contributed by atoms with E-state index in [0.717, 1.165) is 6.07 Å². The highest BCUT2D eigenvalue weighted by Crippen LogP contribution is 2.30. The van der Waals surface area contributed by atoms with Crippen molar-refractivity contribution >= 4 is 40.5 Å². The van der Waals surface area contributed by atoms with Crippen LogP contribution < -0.4 is 16.0 Å². The van der Waals surface area contributed by atoms with Crippen molar-refractivity contribution in [2.24, 2.45) is 11.7 Å². The number of carbonyl (C=O) groups is 2. The molecule has 0 aromatic heterocycles. The van der Waals surface area contributed by atoms with Crippen LogP contribution in [0.2, 0.25) is 5.02 Å². The standard InChI is InChI=1S/C19H18ClFN4O4/c20-15-9-12(1-3-16(15)21)23-19(27)11-5-7-24(8-6-11)17-4-2-13(25(28)29)10-14(17)18(22)26/h1-4,9-11H,5-8H2,(H2,22,26)(H,23,27). The number of nitro benzene ring substituents is 1. The lowest BCUT2D eigenvalue weighted by Crippen LogP contribution is -2.39. The second-order valence-electron chi connectivity index (χ2n) is 6.70. The molecular formula is C19H18ClFN4O4. The molecule has 152 valence electrons. The number of amides is 2. The van der Waals surface area contributed by atoms with Gasteiger partial charge >= 0.3 is 0 Å². The predicted molar refractivity (Wildman–Crippen MR) is 107 cm³/mol. The molecule has 10 heteroatoms. The van der Waals surface area contributed by atoms with E-state index in [1.54, 1.807) is 0 Å². The van der Waals surface area contributed by atoms with E-state index in [1.807, 2.05) is 4.90 Å². The fraction of sp³-hybridized carbons (Fsp3) is 0.263. The number of nitrogens with zero attached hydrogens (tertiary/aromatic N) is 2. The maximum atomic E-state index is 13.2. The van der Waals surface area contributed by atoms with E-state index in [9.17, 15) is 24.1 Å². The van der Waals surface area contributed by atoms with Crippen LogP contribution in [0.5, 0.6) is 0 Å². The molecule has 2 aromatic rings. The summed E-state index contributed by atoms with van der Waals surface area (Å²) in [6, 6.07) is 7.94. The number of rotatable bonds is 5. The number of benzene rings is 2. The first-order valence-corrected chi connectivity index (χ1v) is 9.23. The second-order valence-corrected chi connectivity index (χ2v) is 7.11. The third-order valence-electron chi connectivity index (χ3n) is 4.85. The van der Waals surface area contributed by atoms with Crippen LogP contribution in [-0.2, 0) is 4.79 Å². The SMILES string of the molecule is NC(=O)c1cc([N+](=O)[O-])ccc1N1CCC(C(=O)Nc2ccc(F)c(Cl)c2)CC1. The molecule has 1 fully saturated rings. The summed E-state index contributed by atoms with van der Waals surface area (Å²) in [5, 5.41) is 13.6. The number of hydrogen-bond donors (Lipinski definition) is 2. The molecule has 2 aromatic carbocycles. The van der Waals surface area contributed by atoms with Gasteiger partial charge in [0.1, 0.15) is 5.82 Å². The Hall–Kier alpha value is -3.20. The van der Waals surface area contributed by atoms with Gasteiger partial charge in [0.2, 0.25) is 5.91 Å². The summed E-state index contributed by atoms with van der Waals surface area (Å²) in [5.74, 6) is -1.79. The van der Waals surface area contributed by atoms with Gasteiger partial charge in [-0.2, -0.15) is 0 Å². The Bertz CT molecular complexity index is 977. The molecule has 1 aliphatic rings. The smallest absolute Gasteiger partial charge is 0.270 e. The summed E-state index contributed by atoms with van der Waals surface area (Å²) in [5.41, 5.74) is 6.16. The van der Waals surface area contributed by atoms with E-state index in [4.69, 9.17) is 17.3 Å². The Balaban J connectivity index is 1.67. The molecule has 0 bridgehead atoms.